The summed E-state index contributed by atoms with van der Waals surface area (Å²) in [5.74, 6) is 0.374. The van der Waals surface area contributed by atoms with Crippen LogP contribution in [-0.4, -0.2) is 9.78 Å². The molecule has 1 aromatic carbocycles. The summed E-state index contributed by atoms with van der Waals surface area (Å²) in [4.78, 5) is 0. The molecule has 0 bridgehead atoms. The number of hydrogen-bond acceptors (Lipinski definition) is 2. The van der Waals surface area contributed by atoms with Gasteiger partial charge in [0.05, 0.1) is 23.9 Å². The lowest BCUT2D eigenvalue weighted by Crippen LogP contribution is -2.07. The molecule has 0 unspecified atom stereocenters. The van der Waals surface area contributed by atoms with Crippen LogP contribution in [0.1, 0.15) is 42.3 Å². The normalized spacial score (nSPS) is 10.7. The Bertz CT molecular complexity index is 610. The predicted octanol–water partition coefficient (Wildman–Crippen LogP) is 3.68. The molecule has 3 heteroatoms. The topological polar surface area (TPSA) is 41.6 Å². The number of aryl methyl sites for hydroxylation is 2. The van der Waals surface area contributed by atoms with Crippen molar-refractivity contribution >= 4 is 0 Å². The van der Waals surface area contributed by atoms with Crippen molar-refractivity contribution in [1.82, 2.24) is 9.78 Å². The van der Waals surface area contributed by atoms with Gasteiger partial charge in [-0.15, -0.1) is 0 Å². The van der Waals surface area contributed by atoms with Crippen LogP contribution in [0.4, 0.5) is 0 Å². The SMILES string of the molecule is Cc1cccc(C)c1-n1nc(CC#N)cc1C(C)C. The Hall–Kier alpha value is -2.08. The maximum absolute atomic E-state index is 8.84. The van der Waals surface area contributed by atoms with E-state index in [2.05, 4.69) is 57.1 Å². The van der Waals surface area contributed by atoms with E-state index in [-0.39, 0.29) is 0 Å². The fourth-order valence-corrected chi connectivity index (χ4v) is 2.34. The second kappa shape index (κ2) is 5.27. The van der Waals surface area contributed by atoms with Gasteiger partial charge in [-0.1, -0.05) is 32.0 Å². The van der Waals surface area contributed by atoms with Gasteiger partial charge in [0.15, 0.2) is 0 Å². The van der Waals surface area contributed by atoms with E-state index in [9.17, 15) is 0 Å². The summed E-state index contributed by atoms with van der Waals surface area (Å²) >= 11 is 0. The lowest BCUT2D eigenvalue weighted by molar-refractivity contribution is 0.724. The molecule has 0 aliphatic rings. The monoisotopic (exact) mass is 253 g/mol. The molecule has 0 aliphatic carbocycles. The Morgan fingerprint density at radius 1 is 1.26 bits per heavy atom. The predicted molar refractivity (Wildman–Crippen MR) is 76.4 cm³/mol. The molecular weight excluding hydrogens is 234 g/mol. The van der Waals surface area contributed by atoms with E-state index in [1.54, 1.807) is 0 Å². The first-order chi connectivity index (χ1) is 9.04. The molecule has 0 N–H and O–H groups in total. The van der Waals surface area contributed by atoms with Crippen molar-refractivity contribution in [2.24, 2.45) is 0 Å². The third-order valence-electron chi connectivity index (χ3n) is 3.29. The summed E-state index contributed by atoms with van der Waals surface area (Å²) in [5.41, 5.74) is 5.54. The molecule has 2 aromatic rings. The number of para-hydroxylation sites is 1. The van der Waals surface area contributed by atoms with E-state index < -0.39 is 0 Å². The van der Waals surface area contributed by atoms with Crippen LogP contribution < -0.4 is 0 Å². The molecule has 3 nitrogen and oxygen atoms in total. The molecule has 0 spiro atoms. The fourth-order valence-electron chi connectivity index (χ4n) is 2.34. The first kappa shape index (κ1) is 13.4. The molecule has 19 heavy (non-hydrogen) atoms. The molecular formula is C16H19N3. The standard InChI is InChI=1S/C16H19N3/c1-11(2)15-10-14(8-9-17)18-19(15)16-12(3)6-5-7-13(16)4/h5-7,10-11H,8H2,1-4H3. The van der Waals surface area contributed by atoms with Crippen LogP contribution in [0.5, 0.6) is 0 Å². The van der Waals surface area contributed by atoms with Gasteiger partial charge in [-0.2, -0.15) is 10.4 Å². The number of nitrogens with zero attached hydrogens (tertiary/aromatic N) is 3. The summed E-state index contributed by atoms with van der Waals surface area (Å²) in [6.45, 7) is 8.49. The highest BCUT2D eigenvalue weighted by atomic mass is 15.3. The van der Waals surface area contributed by atoms with Gasteiger partial charge in [-0.3, -0.25) is 0 Å². The van der Waals surface area contributed by atoms with Gasteiger partial charge in [-0.25, -0.2) is 4.68 Å². The lowest BCUT2D eigenvalue weighted by Gasteiger charge is -2.14. The van der Waals surface area contributed by atoms with Gasteiger partial charge in [0.1, 0.15) is 0 Å². The highest BCUT2D eigenvalue weighted by Crippen LogP contribution is 2.25. The van der Waals surface area contributed by atoms with Gasteiger partial charge >= 0.3 is 0 Å². The van der Waals surface area contributed by atoms with Crippen molar-refractivity contribution in [2.45, 2.75) is 40.0 Å². The fraction of sp³-hybridized carbons (Fsp3) is 0.375. The zero-order valence-corrected chi connectivity index (χ0v) is 11.9. The molecule has 2 rings (SSSR count). The number of benzene rings is 1. The molecule has 0 saturated heterocycles. The highest BCUT2D eigenvalue weighted by molar-refractivity contribution is 5.48. The zero-order valence-electron chi connectivity index (χ0n) is 11.9. The van der Waals surface area contributed by atoms with Crippen LogP contribution in [0, 0.1) is 25.2 Å². The average Bonchev–Trinajstić information content (AvgIpc) is 2.73. The minimum Gasteiger partial charge on any atom is -0.237 e. The van der Waals surface area contributed by atoms with Gasteiger partial charge in [0.25, 0.3) is 0 Å². The quantitative estimate of drug-likeness (QED) is 0.837. The van der Waals surface area contributed by atoms with Crippen molar-refractivity contribution in [3.05, 3.63) is 46.8 Å². The first-order valence-corrected chi connectivity index (χ1v) is 6.57. The third-order valence-corrected chi connectivity index (χ3v) is 3.29. The molecule has 0 radical (unpaired) electrons. The second-order valence-electron chi connectivity index (χ2n) is 5.20. The second-order valence-corrected chi connectivity index (χ2v) is 5.20. The number of aromatic nitrogens is 2. The van der Waals surface area contributed by atoms with Crippen molar-refractivity contribution < 1.29 is 0 Å². The van der Waals surface area contributed by atoms with Crippen LogP contribution in [0.2, 0.25) is 0 Å². The maximum Gasteiger partial charge on any atom is 0.0793 e. The highest BCUT2D eigenvalue weighted by Gasteiger charge is 2.15. The van der Waals surface area contributed by atoms with Crippen LogP contribution in [0.25, 0.3) is 5.69 Å². The number of hydrogen-bond donors (Lipinski definition) is 0. The van der Waals surface area contributed by atoms with Crippen molar-refractivity contribution in [2.75, 3.05) is 0 Å². The molecule has 0 amide bonds. The van der Waals surface area contributed by atoms with Gasteiger partial charge in [0.2, 0.25) is 0 Å². The summed E-state index contributed by atoms with van der Waals surface area (Å²) in [5, 5.41) is 13.4. The number of rotatable bonds is 3. The van der Waals surface area contributed by atoms with E-state index in [0.717, 1.165) is 17.1 Å². The smallest absolute Gasteiger partial charge is 0.0793 e. The Morgan fingerprint density at radius 2 is 1.89 bits per heavy atom. The van der Waals surface area contributed by atoms with Crippen LogP contribution >= 0.6 is 0 Å². The van der Waals surface area contributed by atoms with E-state index in [4.69, 9.17) is 5.26 Å². The minimum atomic E-state index is 0.359. The summed E-state index contributed by atoms with van der Waals surface area (Å²) in [6.07, 6.45) is 0.359. The van der Waals surface area contributed by atoms with Crippen molar-refractivity contribution in [1.29, 1.82) is 5.26 Å². The molecule has 0 fully saturated rings. The molecule has 0 saturated carbocycles. The molecule has 0 aliphatic heterocycles. The molecule has 0 atom stereocenters. The Kier molecular flexibility index (Phi) is 3.71. The Balaban J connectivity index is 2.64. The van der Waals surface area contributed by atoms with Crippen LogP contribution in [0.3, 0.4) is 0 Å². The maximum atomic E-state index is 8.84. The zero-order chi connectivity index (χ0) is 14.0. The molecule has 98 valence electrons. The van der Waals surface area contributed by atoms with Gasteiger partial charge in [0, 0.05) is 5.69 Å². The van der Waals surface area contributed by atoms with Crippen LogP contribution in [-0.2, 0) is 6.42 Å². The third kappa shape index (κ3) is 2.53. The van der Waals surface area contributed by atoms with Crippen LogP contribution in [0.15, 0.2) is 24.3 Å². The van der Waals surface area contributed by atoms with E-state index in [1.165, 1.54) is 11.1 Å². The first-order valence-electron chi connectivity index (χ1n) is 6.57. The number of nitriles is 1. The summed E-state index contributed by atoms with van der Waals surface area (Å²) in [7, 11) is 0. The Morgan fingerprint density at radius 3 is 2.42 bits per heavy atom. The van der Waals surface area contributed by atoms with E-state index in [1.807, 2.05) is 10.7 Å². The average molecular weight is 253 g/mol. The largest absolute Gasteiger partial charge is 0.237 e. The Labute approximate surface area is 114 Å². The van der Waals surface area contributed by atoms with Gasteiger partial charge in [-0.05, 0) is 37.0 Å². The lowest BCUT2D eigenvalue weighted by atomic mass is 10.1. The van der Waals surface area contributed by atoms with Crippen molar-refractivity contribution in [3.63, 3.8) is 0 Å². The van der Waals surface area contributed by atoms with Crippen molar-refractivity contribution in [3.8, 4) is 11.8 Å². The minimum absolute atomic E-state index is 0.359. The van der Waals surface area contributed by atoms with Gasteiger partial charge < -0.3 is 0 Å². The molecule has 1 heterocycles. The summed E-state index contributed by atoms with van der Waals surface area (Å²) < 4.78 is 2.00. The molecule has 1 aromatic heterocycles. The van der Waals surface area contributed by atoms with E-state index in [0.29, 0.717) is 12.3 Å². The van der Waals surface area contributed by atoms with E-state index >= 15 is 0 Å². The summed E-state index contributed by atoms with van der Waals surface area (Å²) in [6, 6.07) is 10.5.